The molecule has 4 aromatic rings. The normalized spacial score (nSPS) is 20.6. The highest BCUT2D eigenvalue weighted by Crippen LogP contribution is 2.28. The fraction of sp³-hybridized carbons (Fsp3) is 0.265. The first-order valence-electron chi connectivity index (χ1n) is 13.5. The second-order valence-electron chi connectivity index (χ2n) is 9.72. The van der Waals surface area contributed by atoms with Gasteiger partial charge in [0, 0.05) is 0 Å². The number of rotatable bonds is 13. The molecule has 4 aromatic carbocycles. The van der Waals surface area contributed by atoms with Crippen LogP contribution in [0, 0.1) is 0 Å². The number of esters is 1. The summed E-state index contributed by atoms with van der Waals surface area (Å²) in [6.07, 6.45) is -2.95. The first-order chi connectivity index (χ1) is 19.8. The molecule has 2 unspecified atom stereocenters. The van der Waals surface area contributed by atoms with Crippen LogP contribution >= 0.6 is 0 Å². The summed E-state index contributed by atoms with van der Waals surface area (Å²) in [5.41, 5.74) is 3.98. The quantitative estimate of drug-likeness (QED) is 0.198. The first-order valence-corrected chi connectivity index (χ1v) is 13.5. The smallest absolute Gasteiger partial charge is 0.338 e. The summed E-state index contributed by atoms with van der Waals surface area (Å²) < 4.78 is 31.0. The van der Waals surface area contributed by atoms with Gasteiger partial charge >= 0.3 is 5.97 Å². The van der Waals surface area contributed by atoms with Crippen LogP contribution < -0.4 is 0 Å². The van der Waals surface area contributed by atoms with Gasteiger partial charge in [-0.25, -0.2) is 4.79 Å². The minimum Gasteiger partial charge on any atom is -0.455 e. The van der Waals surface area contributed by atoms with Crippen LogP contribution in [-0.4, -0.2) is 37.0 Å². The third kappa shape index (κ3) is 7.87. The third-order valence-corrected chi connectivity index (χ3v) is 6.73. The summed E-state index contributed by atoms with van der Waals surface area (Å²) >= 11 is 0. The molecule has 40 heavy (non-hydrogen) atoms. The summed E-state index contributed by atoms with van der Waals surface area (Å²) in [6, 6.07) is 39.4. The molecule has 0 bridgehead atoms. The van der Waals surface area contributed by atoms with Crippen LogP contribution in [0.2, 0.25) is 0 Å². The molecule has 0 aliphatic carbocycles. The molecule has 0 aromatic heterocycles. The van der Waals surface area contributed by atoms with Crippen molar-refractivity contribution in [3.8, 4) is 0 Å². The predicted molar refractivity (Wildman–Crippen MR) is 151 cm³/mol. The zero-order valence-electron chi connectivity index (χ0n) is 22.3. The maximum Gasteiger partial charge on any atom is 0.338 e. The number of carbonyl (C=O) groups is 1. The standard InChI is InChI=1S/C34H34O6/c35-34-33(39-24-29-19-11-4-12-20-29)32(38-23-28-17-9-3-10-18-28)31(37-22-27-15-7-2-8-16-27)30(40-34)25-36-21-26-13-5-1-6-14-26/h1-20,30-33H,21-25H2/t30-,31?,32+,33?/m1/s1. The Morgan fingerprint density at radius 3 is 1.38 bits per heavy atom. The average molecular weight is 539 g/mol. The molecule has 0 spiro atoms. The maximum absolute atomic E-state index is 13.4. The van der Waals surface area contributed by atoms with Crippen molar-refractivity contribution in [2.24, 2.45) is 0 Å². The van der Waals surface area contributed by atoms with Gasteiger partial charge in [0.1, 0.15) is 12.2 Å². The average Bonchev–Trinajstić information content (AvgIpc) is 3.01. The summed E-state index contributed by atoms with van der Waals surface area (Å²) in [7, 11) is 0. The van der Waals surface area contributed by atoms with Crippen LogP contribution in [-0.2, 0) is 54.9 Å². The highest BCUT2D eigenvalue weighted by molar-refractivity contribution is 5.77. The third-order valence-electron chi connectivity index (χ3n) is 6.73. The van der Waals surface area contributed by atoms with Crippen LogP contribution in [0.5, 0.6) is 0 Å². The van der Waals surface area contributed by atoms with Crippen molar-refractivity contribution in [1.82, 2.24) is 0 Å². The number of benzene rings is 4. The lowest BCUT2D eigenvalue weighted by Gasteiger charge is -2.41. The van der Waals surface area contributed by atoms with Gasteiger partial charge in [0.05, 0.1) is 33.0 Å². The van der Waals surface area contributed by atoms with Gasteiger partial charge in [-0.2, -0.15) is 0 Å². The number of hydrogen-bond acceptors (Lipinski definition) is 6. The van der Waals surface area contributed by atoms with E-state index in [1.54, 1.807) is 0 Å². The van der Waals surface area contributed by atoms with Crippen LogP contribution in [0.3, 0.4) is 0 Å². The fourth-order valence-corrected chi connectivity index (χ4v) is 4.64. The van der Waals surface area contributed by atoms with E-state index in [1.165, 1.54) is 0 Å². The van der Waals surface area contributed by atoms with Gasteiger partial charge in [0.2, 0.25) is 0 Å². The van der Waals surface area contributed by atoms with Gasteiger partial charge in [-0.1, -0.05) is 121 Å². The zero-order chi connectivity index (χ0) is 27.4. The minimum atomic E-state index is -0.963. The lowest BCUT2D eigenvalue weighted by molar-refractivity contribution is -0.239. The van der Waals surface area contributed by atoms with E-state index >= 15 is 0 Å². The predicted octanol–water partition coefficient (Wildman–Crippen LogP) is 5.88. The van der Waals surface area contributed by atoms with Crippen LogP contribution in [0.1, 0.15) is 22.3 Å². The molecule has 1 aliphatic heterocycles. The second kappa shape index (κ2) is 14.5. The number of hydrogen-bond donors (Lipinski definition) is 0. The molecule has 206 valence electrons. The highest BCUT2D eigenvalue weighted by atomic mass is 16.6. The van der Waals surface area contributed by atoms with Crippen LogP contribution in [0.25, 0.3) is 0 Å². The Labute approximate surface area is 235 Å². The fourth-order valence-electron chi connectivity index (χ4n) is 4.64. The van der Waals surface area contributed by atoms with Crippen molar-refractivity contribution in [2.75, 3.05) is 6.61 Å². The Balaban J connectivity index is 1.36. The van der Waals surface area contributed by atoms with Gasteiger partial charge < -0.3 is 23.7 Å². The summed E-state index contributed by atoms with van der Waals surface area (Å²) in [5.74, 6) is -0.484. The molecule has 0 N–H and O–H groups in total. The minimum absolute atomic E-state index is 0.163. The van der Waals surface area contributed by atoms with Crippen molar-refractivity contribution >= 4 is 5.97 Å². The van der Waals surface area contributed by atoms with E-state index in [-0.39, 0.29) is 13.2 Å². The monoisotopic (exact) mass is 538 g/mol. The lowest BCUT2D eigenvalue weighted by Crippen LogP contribution is -2.59. The molecule has 1 saturated heterocycles. The van der Waals surface area contributed by atoms with E-state index in [0.717, 1.165) is 22.3 Å². The van der Waals surface area contributed by atoms with E-state index in [1.807, 2.05) is 121 Å². The molecule has 6 nitrogen and oxygen atoms in total. The van der Waals surface area contributed by atoms with Crippen LogP contribution in [0.15, 0.2) is 121 Å². The number of carbonyl (C=O) groups excluding carboxylic acids is 1. The van der Waals surface area contributed by atoms with E-state index < -0.39 is 30.4 Å². The molecular formula is C34H34O6. The van der Waals surface area contributed by atoms with Crippen molar-refractivity contribution in [3.63, 3.8) is 0 Å². The molecular weight excluding hydrogens is 504 g/mol. The Morgan fingerprint density at radius 1 is 0.500 bits per heavy atom. The molecule has 6 heteroatoms. The Hall–Kier alpha value is -3.81. The highest BCUT2D eigenvalue weighted by Gasteiger charge is 2.48. The molecule has 0 amide bonds. The molecule has 0 radical (unpaired) electrons. The van der Waals surface area contributed by atoms with E-state index in [9.17, 15) is 4.79 Å². The summed E-state index contributed by atoms with van der Waals surface area (Å²) in [5, 5.41) is 0. The largest absolute Gasteiger partial charge is 0.455 e. The van der Waals surface area contributed by atoms with Crippen LogP contribution in [0.4, 0.5) is 0 Å². The Kier molecular flexibility index (Phi) is 10.1. The molecule has 4 atom stereocenters. The Morgan fingerprint density at radius 2 is 0.900 bits per heavy atom. The van der Waals surface area contributed by atoms with Crippen molar-refractivity contribution < 1.29 is 28.5 Å². The van der Waals surface area contributed by atoms with Gasteiger partial charge in [-0.15, -0.1) is 0 Å². The van der Waals surface area contributed by atoms with E-state index in [4.69, 9.17) is 23.7 Å². The number of cyclic esters (lactones) is 1. The summed E-state index contributed by atoms with van der Waals surface area (Å²) in [4.78, 5) is 13.4. The van der Waals surface area contributed by atoms with Crippen molar-refractivity contribution in [1.29, 1.82) is 0 Å². The maximum atomic E-state index is 13.4. The topological polar surface area (TPSA) is 63.2 Å². The molecule has 1 aliphatic rings. The second-order valence-corrected chi connectivity index (χ2v) is 9.72. The molecule has 1 heterocycles. The van der Waals surface area contributed by atoms with E-state index in [0.29, 0.717) is 19.8 Å². The Bertz CT molecular complexity index is 1280. The van der Waals surface area contributed by atoms with Gasteiger partial charge in [-0.3, -0.25) is 0 Å². The van der Waals surface area contributed by atoms with Gasteiger partial charge in [-0.05, 0) is 22.3 Å². The van der Waals surface area contributed by atoms with Crippen molar-refractivity contribution in [3.05, 3.63) is 144 Å². The zero-order valence-corrected chi connectivity index (χ0v) is 22.3. The lowest BCUT2D eigenvalue weighted by atomic mass is 9.98. The first kappa shape index (κ1) is 27.7. The molecule has 5 rings (SSSR count). The van der Waals surface area contributed by atoms with E-state index in [2.05, 4.69) is 0 Å². The SMILES string of the molecule is O=C1O[C@H](COCc2ccccc2)C(OCc2ccccc2)[C@H](OCc2ccccc2)C1OCc1ccccc1. The van der Waals surface area contributed by atoms with Crippen molar-refractivity contribution in [2.45, 2.75) is 50.8 Å². The van der Waals surface area contributed by atoms with Gasteiger partial charge in [0.25, 0.3) is 0 Å². The summed E-state index contributed by atoms with van der Waals surface area (Å²) in [6.45, 7) is 1.43. The molecule has 0 saturated carbocycles. The number of ether oxygens (including phenoxy) is 5. The molecule has 1 fully saturated rings. The van der Waals surface area contributed by atoms with Gasteiger partial charge in [0.15, 0.2) is 12.2 Å².